The Kier molecular flexibility index (Phi) is 4.17. The summed E-state index contributed by atoms with van der Waals surface area (Å²) >= 11 is 12.0. The Balaban J connectivity index is 2.14. The minimum atomic E-state index is -0.234. The third-order valence-electron chi connectivity index (χ3n) is 2.66. The summed E-state index contributed by atoms with van der Waals surface area (Å²) in [6.45, 7) is 4.55. The van der Waals surface area contributed by atoms with E-state index in [0.29, 0.717) is 17.3 Å². The quantitative estimate of drug-likeness (QED) is 0.698. The summed E-state index contributed by atoms with van der Waals surface area (Å²) in [6, 6.07) is 5.36. The first-order chi connectivity index (χ1) is 8.78. The zero-order valence-electron chi connectivity index (χ0n) is 10.5. The number of nitrogens with zero attached hydrogens (tertiary/aromatic N) is 1. The number of hydrogen-bond acceptors (Lipinski definition) is 2. The number of urea groups is 1. The summed E-state index contributed by atoms with van der Waals surface area (Å²) < 4.78 is 1.72. The van der Waals surface area contributed by atoms with Gasteiger partial charge in [0.25, 0.3) is 0 Å². The molecule has 4 nitrogen and oxygen atoms in total. The van der Waals surface area contributed by atoms with Crippen LogP contribution in [0.3, 0.4) is 0 Å². The van der Waals surface area contributed by atoms with Crippen molar-refractivity contribution in [3.63, 3.8) is 0 Å². The summed E-state index contributed by atoms with van der Waals surface area (Å²) in [4.78, 5) is 13.8. The standard InChI is InChI=1S/C12H13Br2N3OS/c1-12(2)6-17(11(19)16-12)10(18)15-9-5-7(13)3-4-8(9)14/h3-5H,6H2,1-2H3,(H,15,18)(H,16,19). The molecule has 0 radical (unpaired) electrons. The molecule has 1 aromatic carbocycles. The van der Waals surface area contributed by atoms with Crippen LogP contribution < -0.4 is 10.6 Å². The Morgan fingerprint density at radius 3 is 2.74 bits per heavy atom. The first kappa shape index (κ1) is 14.7. The largest absolute Gasteiger partial charge is 0.355 e. The minimum Gasteiger partial charge on any atom is -0.355 e. The molecule has 0 spiro atoms. The van der Waals surface area contributed by atoms with Gasteiger partial charge in [-0.05, 0) is 60.2 Å². The number of anilines is 1. The average molecular weight is 407 g/mol. The van der Waals surface area contributed by atoms with Gasteiger partial charge in [0, 0.05) is 8.95 Å². The van der Waals surface area contributed by atoms with Crippen LogP contribution in [0, 0.1) is 0 Å². The molecule has 0 aromatic heterocycles. The molecular weight excluding hydrogens is 394 g/mol. The van der Waals surface area contributed by atoms with E-state index in [4.69, 9.17) is 12.2 Å². The number of thiocarbonyl (C=S) groups is 1. The van der Waals surface area contributed by atoms with Crippen molar-refractivity contribution < 1.29 is 4.79 Å². The fraction of sp³-hybridized carbons (Fsp3) is 0.333. The van der Waals surface area contributed by atoms with E-state index in [9.17, 15) is 4.79 Å². The third kappa shape index (κ3) is 3.46. The summed E-state index contributed by atoms with van der Waals surface area (Å²) in [6.07, 6.45) is 0. The van der Waals surface area contributed by atoms with Crippen molar-refractivity contribution in [1.82, 2.24) is 10.2 Å². The molecule has 19 heavy (non-hydrogen) atoms. The number of amides is 2. The van der Waals surface area contributed by atoms with E-state index < -0.39 is 0 Å². The monoisotopic (exact) mass is 405 g/mol. The maximum atomic E-state index is 12.2. The van der Waals surface area contributed by atoms with Crippen LogP contribution in [0.2, 0.25) is 0 Å². The zero-order valence-corrected chi connectivity index (χ0v) is 14.4. The first-order valence-electron chi connectivity index (χ1n) is 5.64. The van der Waals surface area contributed by atoms with Crippen LogP contribution in [-0.4, -0.2) is 28.1 Å². The lowest BCUT2D eigenvalue weighted by molar-refractivity contribution is 0.233. The molecular formula is C12H13Br2N3OS. The summed E-state index contributed by atoms with van der Waals surface area (Å²) in [7, 11) is 0. The molecule has 0 atom stereocenters. The fourth-order valence-electron chi connectivity index (χ4n) is 1.80. The topological polar surface area (TPSA) is 44.4 Å². The predicted octanol–water partition coefficient (Wildman–Crippen LogP) is 3.71. The van der Waals surface area contributed by atoms with E-state index in [1.807, 2.05) is 32.0 Å². The Morgan fingerprint density at radius 2 is 2.16 bits per heavy atom. The van der Waals surface area contributed by atoms with Gasteiger partial charge in [0.2, 0.25) is 0 Å². The molecule has 1 aromatic rings. The molecule has 0 saturated carbocycles. The van der Waals surface area contributed by atoms with Gasteiger partial charge in [-0.15, -0.1) is 0 Å². The smallest absolute Gasteiger partial charge is 0.328 e. The molecule has 2 N–H and O–H groups in total. The van der Waals surface area contributed by atoms with Gasteiger partial charge in [0.15, 0.2) is 5.11 Å². The lowest BCUT2D eigenvalue weighted by atomic mass is 10.1. The van der Waals surface area contributed by atoms with Gasteiger partial charge in [-0.1, -0.05) is 15.9 Å². The van der Waals surface area contributed by atoms with Gasteiger partial charge in [0.05, 0.1) is 17.8 Å². The van der Waals surface area contributed by atoms with E-state index in [1.165, 1.54) is 4.90 Å². The van der Waals surface area contributed by atoms with E-state index in [-0.39, 0.29) is 11.6 Å². The van der Waals surface area contributed by atoms with E-state index in [0.717, 1.165) is 8.95 Å². The summed E-state index contributed by atoms with van der Waals surface area (Å²) in [5.74, 6) is 0. The van der Waals surface area contributed by atoms with Crippen LogP contribution >= 0.6 is 44.1 Å². The van der Waals surface area contributed by atoms with Crippen molar-refractivity contribution in [1.29, 1.82) is 0 Å². The molecule has 1 aliphatic rings. The van der Waals surface area contributed by atoms with Crippen molar-refractivity contribution in [3.8, 4) is 0 Å². The van der Waals surface area contributed by atoms with Gasteiger partial charge in [0.1, 0.15) is 0 Å². The number of hydrogen-bond donors (Lipinski definition) is 2. The van der Waals surface area contributed by atoms with E-state index >= 15 is 0 Å². The molecule has 1 saturated heterocycles. The molecule has 2 amide bonds. The number of carbonyl (C=O) groups is 1. The lowest BCUT2D eigenvalue weighted by Gasteiger charge is -2.18. The van der Waals surface area contributed by atoms with Crippen LogP contribution in [0.25, 0.3) is 0 Å². The summed E-state index contributed by atoms with van der Waals surface area (Å²) in [5.41, 5.74) is 0.509. The highest BCUT2D eigenvalue weighted by molar-refractivity contribution is 9.11. The van der Waals surface area contributed by atoms with Gasteiger partial charge in [-0.25, -0.2) is 4.79 Å². The number of halogens is 2. The predicted molar refractivity (Wildman–Crippen MR) is 87.4 cm³/mol. The normalized spacial score (nSPS) is 17.3. The molecule has 7 heteroatoms. The first-order valence-corrected chi connectivity index (χ1v) is 7.64. The van der Waals surface area contributed by atoms with Crippen LogP contribution in [0.4, 0.5) is 10.5 Å². The van der Waals surface area contributed by atoms with Crippen molar-refractivity contribution in [2.75, 3.05) is 11.9 Å². The Hall–Kier alpha value is -0.660. The van der Waals surface area contributed by atoms with Crippen molar-refractivity contribution >= 4 is 60.9 Å². The van der Waals surface area contributed by atoms with Gasteiger partial charge in [-0.3, -0.25) is 4.90 Å². The Labute approximate surface area is 134 Å². The minimum absolute atomic E-state index is 0.192. The van der Waals surface area contributed by atoms with E-state index in [1.54, 1.807) is 0 Å². The molecule has 1 fully saturated rings. The Morgan fingerprint density at radius 1 is 1.47 bits per heavy atom. The SMILES string of the molecule is CC1(C)CN(C(=O)Nc2cc(Br)ccc2Br)C(=S)N1. The molecule has 1 aliphatic heterocycles. The van der Waals surface area contributed by atoms with Crippen LogP contribution in [0.5, 0.6) is 0 Å². The fourth-order valence-corrected chi connectivity index (χ4v) is 2.93. The Bertz CT molecular complexity index is 548. The second-order valence-electron chi connectivity index (χ2n) is 4.95. The lowest BCUT2D eigenvalue weighted by Crippen LogP contribution is -2.37. The maximum Gasteiger partial charge on any atom is 0.328 e. The van der Waals surface area contributed by atoms with Crippen molar-refractivity contribution in [2.45, 2.75) is 19.4 Å². The van der Waals surface area contributed by atoms with E-state index in [2.05, 4.69) is 42.5 Å². The highest BCUT2D eigenvalue weighted by Crippen LogP contribution is 2.27. The molecule has 0 unspecified atom stereocenters. The molecule has 0 aliphatic carbocycles. The van der Waals surface area contributed by atoms with Gasteiger partial charge < -0.3 is 10.6 Å². The molecule has 1 heterocycles. The van der Waals surface area contributed by atoms with Gasteiger partial charge in [-0.2, -0.15) is 0 Å². The summed E-state index contributed by atoms with van der Waals surface area (Å²) in [5, 5.41) is 6.41. The highest BCUT2D eigenvalue weighted by atomic mass is 79.9. The maximum absolute atomic E-state index is 12.2. The number of rotatable bonds is 1. The average Bonchev–Trinajstić information content (AvgIpc) is 2.57. The van der Waals surface area contributed by atoms with Crippen LogP contribution in [0.1, 0.15) is 13.8 Å². The molecule has 102 valence electrons. The number of carbonyl (C=O) groups excluding carboxylic acids is 1. The number of nitrogens with one attached hydrogen (secondary N) is 2. The molecule has 2 rings (SSSR count). The molecule has 0 bridgehead atoms. The number of benzene rings is 1. The van der Waals surface area contributed by atoms with Crippen molar-refractivity contribution in [3.05, 3.63) is 27.1 Å². The van der Waals surface area contributed by atoms with Crippen LogP contribution in [-0.2, 0) is 0 Å². The highest BCUT2D eigenvalue weighted by Gasteiger charge is 2.35. The second-order valence-corrected chi connectivity index (χ2v) is 7.11. The van der Waals surface area contributed by atoms with Gasteiger partial charge >= 0.3 is 6.03 Å². The third-order valence-corrected chi connectivity index (χ3v) is 4.17. The van der Waals surface area contributed by atoms with Crippen LogP contribution in [0.15, 0.2) is 27.1 Å². The van der Waals surface area contributed by atoms with Crippen molar-refractivity contribution in [2.24, 2.45) is 0 Å². The second kappa shape index (κ2) is 5.38. The zero-order chi connectivity index (χ0) is 14.2.